The minimum absolute atomic E-state index is 0.0675. The van der Waals surface area contributed by atoms with Gasteiger partial charge in [0.15, 0.2) is 0 Å². The van der Waals surface area contributed by atoms with Gasteiger partial charge in [-0.15, -0.1) is 11.3 Å². The molecule has 20 heavy (non-hydrogen) atoms. The van der Waals surface area contributed by atoms with Crippen LogP contribution < -0.4 is 5.32 Å². The van der Waals surface area contributed by atoms with Gasteiger partial charge in [0, 0.05) is 20.6 Å². The molecule has 2 aromatic rings. The van der Waals surface area contributed by atoms with Gasteiger partial charge in [-0.3, -0.25) is 4.79 Å². The first kappa shape index (κ1) is 13.8. The van der Waals surface area contributed by atoms with Gasteiger partial charge in [0.25, 0.3) is 0 Å². The fourth-order valence-corrected chi connectivity index (χ4v) is 3.92. The Labute approximate surface area is 130 Å². The van der Waals surface area contributed by atoms with E-state index >= 15 is 0 Å². The fraction of sp³-hybridized carbons (Fsp3) is 0.267. The summed E-state index contributed by atoms with van der Waals surface area (Å²) in [4.78, 5) is 13.0. The van der Waals surface area contributed by atoms with Gasteiger partial charge < -0.3 is 10.1 Å². The maximum atomic E-state index is 11.9. The molecular weight excluding hydrogens is 338 g/mol. The van der Waals surface area contributed by atoms with Gasteiger partial charge in [-0.05, 0) is 36.1 Å². The SMILES string of the molecule is CCC1(c2cccs2)OCC(=O)Nc2ccc(Br)cc21. The zero-order valence-corrected chi connectivity index (χ0v) is 13.4. The largest absolute Gasteiger partial charge is 0.355 e. The third kappa shape index (κ3) is 2.20. The quantitative estimate of drug-likeness (QED) is 0.883. The van der Waals surface area contributed by atoms with E-state index in [-0.39, 0.29) is 12.5 Å². The summed E-state index contributed by atoms with van der Waals surface area (Å²) >= 11 is 5.16. The third-order valence-electron chi connectivity index (χ3n) is 3.56. The Bertz CT molecular complexity index is 641. The third-order valence-corrected chi connectivity index (χ3v) is 5.06. The van der Waals surface area contributed by atoms with Crippen LogP contribution >= 0.6 is 27.3 Å². The minimum Gasteiger partial charge on any atom is -0.355 e. The Morgan fingerprint density at radius 1 is 1.45 bits per heavy atom. The van der Waals surface area contributed by atoms with Gasteiger partial charge in [0.05, 0.1) is 0 Å². The molecule has 3 nitrogen and oxygen atoms in total. The van der Waals surface area contributed by atoms with Crippen molar-refractivity contribution in [3.05, 3.63) is 50.6 Å². The summed E-state index contributed by atoms with van der Waals surface area (Å²) in [6.45, 7) is 2.15. The zero-order chi connectivity index (χ0) is 14.2. The zero-order valence-electron chi connectivity index (χ0n) is 11.0. The number of anilines is 1. The summed E-state index contributed by atoms with van der Waals surface area (Å²) in [7, 11) is 0. The van der Waals surface area contributed by atoms with Gasteiger partial charge in [-0.2, -0.15) is 0 Å². The predicted octanol–water partition coefficient (Wildman–Crippen LogP) is 4.13. The van der Waals surface area contributed by atoms with Crippen LogP contribution in [0, 0.1) is 0 Å². The topological polar surface area (TPSA) is 38.3 Å². The molecule has 1 amide bonds. The number of halogens is 1. The van der Waals surface area contributed by atoms with E-state index in [1.54, 1.807) is 11.3 Å². The van der Waals surface area contributed by atoms with Crippen molar-refractivity contribution in [2.24, 2.45) is 0 Å². The molecule has 1 aliphatic heterocycles. The van der Waals surface area contributed by atoms with E-state index in [2.05, 4.69) is 34.2 Å². The number of ether oxygens (including phenoxy) is 1. The Kier molecular flexibility index (Phi) is 3.67. The smallest absolute Gasteiger partial charge is 0.250 e. The molecule has 1 aromatic heterocycles. The number of nitrogens with one attached hydrogen (secondary N) is 1. The number of thiophene rings is 1. The number of carbonyl (C=O) groups excluding carboxylic acids is 1. The molecule has 1 aromatic carbocycles. The van der Waals surface area contributed by atoms with E-state index in [0.29, 0.717) is 0 Å². The number of carbonyl (C=O) groups is 1. The van der Waals surface area contributed by atoms with Crippen molar-refractivity contribution in [1.82, 2.24) is 0 Å². The molecule has 0 bridgehead atoms. The molecule has 3 rings (SSSR count). The van der Waals surface area contributed by atoms with E-state index in [0.717, 1.165) is 27.0 Å². The Hall–Kier alpha value is -1.17. The lowest BCUT2D eigenvalue weighted by molar-refractivity contribution is -0.125. The first-order valence-electron chi connectivity index (χ1n) is 6.43. The van der Waals surface area contributed by atoms with Crippen molar-refractivity contribution in [3.8, 4) is 0 Å². The second-order valence-electron chi connectivity index (χ2n) is 4.68. The number of amides is 1. The molecule has 1 aliphatic rings. The summed E-state index contributed by atoms with van der Waals surface area (Å²) in [5, 5.41) is 4.96. The lowest BCUT2D eigenvalue weighted by Crippen LogP contribution is -2.30. The van der Waals surface area contributed by atoms with Crippen LogP contribution in [0.5, 0.6) is 0 Å². The van der Waals surface area contributed by atoms with E-state index in [9.17, 15) is 4.79 Å². The van der Waals surface area contributed by atoms with Gasteiger partial charge in [0.1, 0.15) is 12.2 Å². The van der Waals surface area contributed by atoms with Crippen LogP contribution in [0.1, 0.15) is 23.8 Å². The molecule has 104 valence electrons. The van der Waals surface area contributed by atoms with Crippen LogP contribution in [-0.4, -0.2) is 12.5 Å². The molecular formula is C15H14BrNO2S. The molecule has 0 fully saturated rings. The van der Waals surface area contributed by atoms with Crippen molar-refractivity contribution in [2.75, 3.05) is 11.9 Å². The van der Waals surface area contributed by atoms with E-state index < -0.39 is 5.60 Å². The predicted molar refractivity (Wildman–Crippen MR) is 84.1 cm³/mol. The summed E-state index contributed by atoms with van der Waals surface area (Å²) in [6.07, 6.45) is 0.770. The van der Waals surface area contributed by atoms with Crippen molar-refractivity contribution in [1.29, 1.82) is 0 Å². The summed E-state index contributed by atoms with van der Waals surface area (Å²) in [5.41, 5.74) is 1.26. The van der Waals surface area contributed by atoms with Gasteiger partial charge in [0.2, 0.25) is 5.91 Å². The van der Waals surface area contributed by atoms with Gasteiger partial charge in [-0.1, -0.05) is 28.9 Å². The van der Waals surface area contributed by atoms with Crippen molar-refractivity contribution < 1.29 is 9.53 Å². The normalized spacial score (nSPS) is 22.0. The van der Waals surface area contributed by atoms with Crippen LogP contribution in [0.3, 0.4) is 0 Å². The summed E-state index contributed by atoms with van der Waals surface area (Å²) in [6, 6.07) is 9.96. The van der Waals surface area contributed by atoms with Gasteiger partial charge >= 0.3 is 0 Å². The van der Waals surface area contributed by atoms with E-state index in [1.165, 1.54) is 0 Å². The highest BCUT2D eigenvalue weighted by Gasteiger charge is 2.39. The van der Waals surface area contributed by atoms with Crippen LogP contribution in [0.25, 0.3) is 0 Å². The number of benzene rings is 1. The highest BCUT2D eigenvalue weighted by atomic mass is 79.9. The minimum atomic E-state index is -0.563. The molecule has 0 radical (unpaired) electrons. The molecule has 0 saturated heterocycles. The maximum Gasteiger partial charge on any atom is 0.250 e. The highest BCUT2D eigenvalue weighted by molar-refractivity contribution is 9.10. The van der Waals surface area contributed by atoms with Gasteiger partial charge in [-0.25, -0.2) is 0 Å². The summed E-state index contributed by atoms with van der Waals surface area (Å²) < 4.78 is 7.03. The molecule has 0 saturated carbocycles. The summed E-state index contributed by atoms with van der Waals surface area (Å²) in [5.74, 6) is -0.111. The van der Waals surface area contributed by atoms with Crippen LogP contribution in [-0.2, 0) is 15.1 Å². The van der Waals surface area contributed by atoms with E-state index in [1.807, 2.05) is 29.6 Å². The van der Waals surface area contributed by atoms with Crippen LogP contribution in [0.15, 0.2) is 40.2 Å². The first-order valence-corrected chi connectivity index (χ1v) is 8.11. The molecule has 2 heterocycles. The van der Waals surface area contributed by atoms with Crippen molar-refractivity contribution in [2.45, 2.75) is 18.9 Å². The number of hydrogen-bond acceptors (Lipinski definition) is 3. The van der Waals surface area contributed by atoms with Crippen LogP contribution in [0.4, 0.5) is 5.69 Å². The van der Waals surface area contributed by atoms with Crippen molar-refractivity contribution >= 4 is 38.9 Å². The lowest BCUT2D eigenvalue weighted by atomic mass is 9.88. The molecule has 1 unspecified atom stereocenters. The molecule has 0 aliphatic carbocycles. The Morgan fingerprint density at radius 3 is 3.00 bits per heavy atom. The van der Waals surface area contributed by atoms with E-state index in [4.69, 9.17) is 4.74 Å². The first-order chi connectivity index (χ1) is 9.65. The van der Waals surface area contributed by atoms with Crippen LogP contribution in [0.2, 0.25) is 0 Å². The Morgan fingerprint density at radius 2 is 2.30 bits per heavy atom. The average molecular weight is 352 g/mol. The maximum absolute atomic E-state index is 11.9. The second kappa shape index (κ2) is 5.31. The molecule has 5 heteroatoms. The fourth-order valence-electron chi connectivity index (χ4n) is 2.59. The van der Waals surface area contributed by atoms with Crippen molar-refractivity contribution in [3.63, 3.8) is 0 Å². The Balaban J connectivity index is 2.25. The molecule has 1 N–H and O–H groups in total. The highest BCUT2D eigenvalue weighted by Crippen LogP contribution is 2.44. The number of fused-ring (bicyclic) bond motifs is 1. The average Bonchev–Trinajstić information content (AvgIpc) is 2.93. The molecule has 0 spiro atoms. The number of hydrogen-bond donors (Lipinski definition) is 1. The monoisotopic (exact) mass is 351 g/mol. The second-order valence-corrected chi connectivity index (χ2v) is 6.55. The standard InChI is InChI=1S/C15H14BrNO2S/c1-2-15(13-4-3-7-20-13)11-8-10(16)5-6-12(11)17-14(18)9-19-15/h3-8H,2,9H2,1H3,(H,17,18). The lowest BCUT2D eigenvalue weighted by Gasteiger charge is -2.32. The number of rotatable bonds is 2. The molecule has 1 atom stereocenters.